The molecule has 0 saturated heterocycles. The summed E-state index contributed by atoms with van der Waals surface area (Å²) in [6, 6.07) is 13.0. The molecule has 134 valence electrons. The van der Waals surface area contributed by atoms with E-state index in [1.165, 1.54) is 19.2 Å². The number of nitrogens with two attached hydrogens (primary N) is 1. The third kappa shape index (κ3) is 5.01. The molecule has 2 unspecified atom stereocenters. The molecule has 4 nitrogen and oxygen atoms in total. The van der Waals surface area contributed by atoms with E-state index in [2.05, 4.69) is 0 Å². The quantitative estimate of drug-likeness (QED) is 0.819. The molecule has 25 heavy (non-hydrogen) atoms. The van der Waals surface area contributed by atoms with Crippen molar-refractivity contribution in [2.45, 2.75) is 18.6 Å². The van der Waals surface area contributed by atoms with Gasteiger partial charge in [0.05, 0.1) is 18.6 Å². The van der Waals surface area contributed by atoms with Crippen molar-refractivity contribution in [1.82, 2.24) is 4.90 Å². The maximum Gasteiger partial charge on any atom is 0.225 e. The molecule has 0 radical (unpaired) electrons. The molecule has 2 aromatic rings. The summed E-state index contributed by atoms with van der Waals surface area (Å²) >= 11 is 5.97. The Bertz CT molecular complexity index is 642. The monoisotopic (exact) mass is 364 g/mol. The minimum Gasteiger partial charge on any atom is -0.380 e. The van der Waals surface area contributed by atoms with Crippen LogP contribution in [-0.4, -0.2) is 37.6 Å². The van der Waals surface area contributed by atoms with Crippen LogP contribution in [-0.2, 0) is 9.53 Å². The second-order valence-electron chi connectivity index (χ2n) is 5.81. The summed E-state index contributed by atoms with van der Waals surface area (Å²) in [6.45, 7) is 0.262. The average Bonchev–Trinajstić information content (AvgIpc) is 2.62. The molecule has 0 aliphatic rings. The molecule has 2 atom stereocenters. The van der Waals surface area contributed by atoms with Crippen LogP contribution in [0.1, 0.15) is 23.6 Å². The van der Waals surface area contributed by atoms with Crippen molar-refractivity contribution in [3.05, 3.63) is 70.5 Å². The van der Waals surface area contributed by atoms with E-state index in [9.17, 15) is 9.18 Å². The molecule has 6 heteroatoms. The fourth-order valence-corrected chi connectivity index (χ4v) is 2.80. The molecule has 2 N–H and O–H groups in total. The summed E-state index contributed by atoms with van der Waals surface area (Å²) < 4.78 is 18.5. The van der Waals surface area contributed by atoms with Crippen molar-refractivity contribution in [3.8, 4) is 0 Å². The third-order valence-corrected chi connectivity index (χ3v) is 4.40. The van der Waals surface area contributed by atoms with Gasteiger partial charge >= 0.3 is 0 Å². The highest BCUT2D eigenvalue weighted by Gasteiger charge is 2.25. The Morgan fingerprint density at radius 2 is 1.68 bits per heavy atom. The van der Waals surface area contributed by atoms with Crippen LogP contribution < -0.4 is 5.73 Å². The van der Waals surface area contributed by atoms with Gasteiger partial charge in [-0.2, -0.15) is 0 Å². The molecule has 0 heterocycles. The SMILES string of the molecule is COC(CN)CC(=O)N(C)C(c1ccc(F)cc1)c1ccc(Cl)cc1. The van der Waals surface area contributed by atoms with E-state index in [0.717, 1.165) is 11.1 Å². The number of carbonyl (C=O) groups is 1. The summed E-state index contributed by atoms with van der Waals surface area (Å²) in [5, 5.41) is 0.609. The van der Waals surface area contributed by atoms with Crippen LogP contribution in [0.3, 0.4) is 0 Å². The Hall–Kier alpha value is -1.95. The standard InChI is InChI=1S/C19H22ClFN2O2/c1-23(18(24)11-17(12-22)25-2)19(13-3-7-15(20)8-4-13)14-5-9-16(21)10-6-14/h3-10,17,19H,11-12,22H2,1-2H3. The molecule has 0 saturated carbocycles. The minimum absolute atomic E-state index is 0.110. The Morgan fingerprint density at radius 3 is 2.16 bits per heavy atom. The zero-order valence-electron chi connectivity index (χ0n) is 14.3. The fraction of sp³-hybridized carbons (Fsp3) is 0.316. The first kappa shape index (κ1) is 19.4. The largest absolute Gasteiger partial charge is 0.380 e. The van der Waals surface area contributed by atoms with Crippen LogP contribution in [0.2, 0.25) is 5.02 Å². The molecule has 0 bridgehead atoms. The highest BCUT2D eigenvalue weighted by Crippen LogP contribution is 2.29. The summed E-state index contributed by atoms with van der Waals surface area (Å²) in [4.78, 5) is 14.3. The van der Waals surface area contributed by atoms with Gasteiger partial charge in [0.2, 0.25) is 5.91 Å². The van der Waals surface area contributed by atoms with Crippen molar-refractivity contribution in [2.75, 3.05) is 20.7 Å². The van der Waals surface area contributed by atoms with E-state index in [1.807, 2.05) is 12.1 Å². The first-order chi connectivity index (χ1) is 12.0. The topological polar surface area (TPSA) is 55.6 Å². The maximum absolute atomic E-state index is 13.3. The molecule has 2 rings (SSSR count). The molecule has 0 aliphatic heterocycles. The lowest BCUT2D eigenvalue weighted by atomic mass is 9.97. The summed E-state index contributed by atoms with van der Waals surface area (Å²) in [6.07, 6.45) is -0.163. The summed E-state index contributed by atoms with van der Waals surface area (Å²) in [5.74, 6) is -0.434. The van der Waals surface area contributed by atoms with Gasteiger partial charge in [-0.25, -0.2) is 4.39 Å². The van der Waals surface area contributed by atoms with Crippen LogP contribution in [0.4, 0.5) is 4.39 Å². The maximum atomic E-state index is 13.3. The zero-order chi connectivity index (χ0) is 18.4. The van der Waals surface area contributed by atoms with Crippen LogP contribution in [0, 0.1) is 5.82 Å². The average molecular weight is 365 g/mol. The van der Waals surface area contributed by atoms with Gasteiger partial charge in [0.15, 0.2) is 0 Å². The second kappa shape index (κ2) is 8.94. The van der Waals surface area contributed by atoms with Crippen molar-refractivity contribution in [3.63, 3.8) is 0 Å². The highest BCUT2D eigenvalue weighted by molar-refractivity contribution is 6.30. The van der Waals surface area contributed by atoms with Gasteiger partial charge in [-0.3, -0.25) is 4.79 Å². The lowest BCUT2D eigenvalue weighted by Crippen LogP contribution is -2.36. The lowest BCUT2D eigenvalue weighted by Gasteiger charge is -2.30. The molecule has 0 spiro atoms. The van der Waals surface area contributed by atoms with Crippen molar-refractivity contribution >= 4 is 17.5 Å². The number of ether oxygens (including phenoxy) is 1. The Morgan fingerprint density at radius 1 is 1.16 bits per heavy atom. The van der Waals surface area contributed by atoms with E-state index < -0.39 is 0 Å². The second-order valence-corrected chi connectivity index (χ2v) is 6.24. The number of hydrogen-bond donors (Lipinski definition) is 1. The normalized spacial score (nSPS) is 13.3. The number of rotatable bonds is 7. The van der Waals surface area contributed by atoms with Crippen LogP contribution >= 0.6 is 11.6 Å². The number of halogens is 2. The Balaban J connectivity index is 2.35. The van der Waals surface area contributed by atoms with Gasteiger partial charge in [-0.15, -0.1) is 0 Å². The predicted molar refractivity (Wildman–Crippen MR) is 96.9 cm³/mol. The van der Waals surface area contributed by atoms with Crippen LogP contribution in [0.5, 0.6) is 0 Å². The fourth-order valence-electron chi connectivity index (χ4n) is 2.68. The highest BCUT2D eigenvalue weighted by atomic mass is 35.5. The van der Waals surface area contributed by atoms with Gasteiger partial charge in [-0.05, 0) is 35.4 Å². The molecule has 0 fully saturated rings. The molecular formula is C19H22ClFN2O2. The van der Waals surface area contributed by atoms with Gasteiger partial charge in [0.1, 0.15) is 5.82 Å². The van der Waals surface area contributed by atoms with Gasteiger partial charge in [-0.1, -0.05) is 35.9 Å². The number of nitrogens with zero attached hydrogens (tertiary/aromatic N) is 1. The molecule has 0 aromatic heterocycles. The van der Waals surface area contributed by atoms with Gasteiger partial charge in [0, 0.05) is 25.7 Å². The molecule has 2 aromatic carbocycles. The van der Waals surface area contributed by atoms with E-state index >= 15 is 0 Å². The number of amides is 1. The predicted octanol–water partition coefficient (Wildman–Crippen LogP) is 3.39. The zero-order valence-corrected chi connectivity index (χ0v) is 15.0. The number of benzene rings is 2. The van der Waals surface area contributed by atoms with Gasteiger partial charge in [0.25, 0.3) is 0 Å². The van der Waals surface area contributed by atoms with Gasteiger partial charge < -0.3 is 15.4 Å². The van der Waals surface area contributed by atoms with Crippen molar-refractivity contribution < 1.29 is 13.9 Å². The third-order valence-electron chi connectivity index (χ3n) is 4.15. The molecule has 1 amide bonds. The first-order valence-electron chi connectivity index (χ1n) is 7.95. The Labute approximate surface area is 152 Å². The van der Waals surface area contributed by atoms with Crippen LogP contribution in [0.25, 0.3) is 0 Å². The number of hydrogen-bond acceptors (Lipinski definition) is 3. The lowest BCUT2D eigenvalue weighted by molar-refractivity contribution is -0.133. The number of carbonyl (C=O) groups excluding carboxylic acids is 1. The first-order valence-corrected chi connectivity index (χ1v) is 8.33. The van der Waals surface area contributed by atoms with E-state index in [-0.39, 0.29) is 36.8 Å². The van der Waals surface area contributed by atoms with Crippen LogP contribution in [0.15, 0.2) is 48.5 Å². The van der Waals surface area contributed by atoms with Crippen molar-refractivity contribution in [1.29, 1.82) is 0 Å². The number of methoxy groups -OCH3 is 1. The Kier molecular flexibility index (Phi) is 6.93. The van der Waals surface area contributed by atoms with Crippen molar-refractivity contribution in [2.24, 2.45) is 5.73 Å². The minimum atomic E-state index is -0.361. The smallest absolute Gasteiger partial charge is 0.225 e. The summed E-state index contributed by atoms with van der Waals surface area (Å²) in [7, 11) is 3.25. The van der Waals surface area contributed by atoms with E-state index in [1.54, 1.807) is 36.2 Å². The summed E-state index contributed by atoms with van der Waals surface area (Å²) in [5.41, 5.74) is 7.30. The van der Waals surface area contributed by atoms with E-state index in [0.29, 0.717) is 5.02 Å². The molecule has 0 aliphatic carbocycles. The van der Waals surface area contributed by atoms with E-state index in [4.69, 9.17) is 22.1 Å². The molecular weight excluding hydrogens is 343 g/mol.